The Morgan fingerprint density at radius 3 is 1.89 bits per heavy atom. The number of benzene rings is 3. The van der Waals surface area contributed by atoms with Crippen LogP contribution < -0.4 is 10.2 Å². The van der Waals surface area contributed by atoms with Gasteiger partial charge in [0.2, 0.25) is 0 Å². The summed E-state index contributed by atoms with van der Waals surface area (Å²) >= 11 is 0. The summed E-state index contributed by atoms with van der Waals surface area (Å²) in [6, 6.07) is 21.3. The van der Waals surface area contributed by atoms with Crippen LogP contribution in [0.2, 0.25) is 0 Å². The maximum atomic E-state index is 12.1. The zero-order chi connectivity index (χ0) is 19.9. The van der Waals surface area contributed by atoms with Crippen molar-refractivity contribution >= 4 is 18.1 Å². The van der Waals surface area contributed by atoms with Crippen LogP contribution >= 0.6 is 0 Å². The van der Waals surface area contributed by atoms with Gasteiger partial charge in [0, 0.05) is 5.56 Å². The van der Waals surface area contributed by atoms with Crippen LogP contribution in [0.25, 0.3) is 0 Å². The Balaban J connectivity index is 1.55. The third-order valence-corrected chi connectivity index (χ3v) is 4.07. The van der Waals surface area contributed by atoms with Crippen LogP contribution in [-0.4, -0.2) is 18.1 Å². The Labute approximate surface area is 163 Å². The van der Waals surface area contributed by atoms with Gasteiger partial charge in [-0.15, -0.1) is 0 Å². The van der Waals surface area contributed by atoms with Crippen molar-refractivity contribution < 1.29 is 14.3 Å². The Kier molecular flexibility index (Phi) is 5.97. The Morgan fingerprint density at radius 1 is 0.786 bits per heavy atom. The monoisotopic (exact) mass is 372 g/mol. The molecule has 3 aromatic rings. The average molecular weight is 372 g/mol. The van der Waals surface area contributed by atoms with Crippen molar-refractivity contribution in [2.45, 2.75) is 13.8 Å². The fraction of sp³-hybridized carbons (Fsp3) is 0.0870. The predicted octanol–water partition coefficient (Wildman–Crippen LogP) is 4.29. The lowest BCUT2D eigenvalue weighted by molar-refractivity contribution is 0.0734. The predicted molar refractivity (Wildman–Crippen MR) is 109 cm³/mol. The first-order valence-corrected chi connectivity index (χ1v) is 8.80. The van der Waals surface area contributed by atoms with Crippen LogP contribution in [0.5, 0.6) is 5.75 Å². The van der Waals surface area contributed by atoms with Crippen molar-refractivity contribution in [1.82, 2.24) is 5.43 Å². The molecule has 0 aliphatic carbocycles. The molecule has 0 unspecified atom stereocenters. The van der Waals surface area contributed by atoms with E-state index >= 15 is 0 Å². The van der Waals surface area contributed by atoms with Crippen LogP contribution in [0.3, 0.4) is 0 Å². The first-order chi connectivity index (χ1) is 13.5. The van der Waals surface area contributed by atoms with E-state index < -0.39 is 5.97 Å². The number of amides is 1. The van der Waals surface area contributed by atoms with Crippen molar-refractivity contribution in [3.05, 3.63) is 101 Å². The number of carbonyl (C=O) groups excluding carboxylic acids is 2. The highest BCUT2D eigenvalue weighted by Gasteiger charge is 2.08. The standard InChI is InChI=1S/C23H20N2O3/c1-16-3-9-19(10-4-16)22(26)25-24-15-18-7-13-21(14-8-18)28-23(27)20-11-5-17(2)6-12-20/h3-15H,1-2H3,(H,25,26)/b24-15+. The zero-order valence-corrected chi connectivity index (χ0v) is 15.7. The van der Waals surface area contributed by atoms with E-state index in [1.54, 1.807) is 48.5 Å². The molecule has 5 heteroatoms. The van der Waals surface area contributed by atoms with Crippen molar-refractivity contribution in [2.75, 3.05) is 0 Å². The van der Waals surface area contributed by atoms with E-state index in [9.17, 15) is 9.59 Å². The van der Waals surface area contributed by atoms with Gasteiger partial charge in [0.25, 0.3) is 5.91 Å². The number of hydrazone groups is 1. The number of aryl methyl sites for hydroxylation is 2. The highest BCUT2D eigenvalue weighted by Crippen LogP contribution is 2.14. The molecule has 0 heterocycles. The summed E-state index contributed by atoms with van der Waals surface area (Å²) in [5, 5.41) is 3.95. The van der Waals surface area contributed by atoms with Gasteiger partial charge in [-0.1, -0.05) is 35.4 Å². The van der Waals surface area contributed by atoms with Crippen LogP contribution in [0.15, 0.2) is 77.9 Å². The molecule has 3 aromatic carbocycles. The van der Waals surface area contributed by atoms with Crippen molar-refractivity contribution in [3.63, 3.8) is 0 Å². The molecule has 0 bridgehead atoms. The molecule has 1 amide bonds. The third kappa shape index (κ3) is 5.14. The lowest BCUT2D eigenvalue weighted by atomic mass is 10.1. The summed E-state index contributed by atoms with van der Waals surface area (Å²) in [4.78, 5) is 24.1. The highest BCUT2D eigenvalue weighted by molar-refractivity contribution is 5.95. The minimum Gasteiger partial charge on any atom is -0.423 e. The summed E-state index contributed by atoms with van der Waals surface area (Å²) < 4.78 is 5.35. The highest BCUT2D eigenvalue weighted by atomic mass is 16.5. The van der Waals surface area contributed by atoms with Gasteiger partial charge in [0.05, 0.1) is 11.8 Å². The largest absolute Gasteiger partial charge is 0.423 e. The van der Waals surface area contributed by atoms with Crippen LogP contribution in [0.1, 0.15) is 37.4 Å². The normalized spacial score (nSPS) is 10.6. The van der Waals surface area contributed by atoms with Crippen molar-refractivity contribution in [3.8, 4) is 5.75 Å². The molecule has 0 radical (unpaired) electrons. The van der Waals surface area contributed by atoms with Gasteiger partial charge in [-0.3, -0.25) is 4.79 Å². The number of rotatable bonds is 5. The number of ether oxygens (including phenoxy) is 1. The molecule has 28 heavy (non-hydrogen) atoms. The second kappa shape index (κ2) is 8.77. The van der Waals surface area contributed by atoms with E-state index in [1.165, 1.54) is 6.21 Å². The van der Waals surface area contributed by atoms with E-state index in [2.05, 4.69) is 10.5 Å². The minimum atomic E-state index is -0.410. The first-order valence-electron chi connectivity index (χ1n) is 8.80. The van der Waals surface area contributed by atoms with Crippen molar-refractivity contribution in [2.24, 2.45) is 5.10 Å². The zero-order valence-electron chi connectivity index (χ0n) is 15.7. The molecule has 0 atom stereocenters. The van der Waals surface area contributed by atoms with E-state index in [4.69, 9.17) is 4.74 Å². The Morgan fingerprint density at radius 2 is 1.32 bits per heavy atom. The van der Waals surface area contributed by atoms with E-state index in [0.717, 1.165) is 16.7 Å². The third-order valence-electron chi connectivity index (χ3n) is 4.07. The summed E-state index contributed by atoms with van der Waals surface area (Å²) in [6.45, 7) is 3.92. The number of esters is 1. The number of nitrogens with zero attached hydrogens (tertiary/aromatic N) is 1. The van der Waals surface area contributed by atoms with Gasteiger partial charge < -0.3 is 4.74 Å². The van der Waals surface area contributed by atoms with Gasteiger partial charge in [-0.25, -0.2) is 10.2 Å². The number of carbonyl (C=O) groups is 2. The molecule has 5 nitrogen and oxygen atoms in total. The Bertz CT molecular complexity index is 990. The molecule has 1 N–H and O–H groups in total. The van der Waals surface area contributed by atoms with Gasteiger partial charge in [-0.2, -0.15) is 5.10 Å². The molecule has 0 aromatic heterocycles. The van der Waals surface area contributed by atoms with Gasteiger partial charge >= 0.3 is 5.97 Å². The summed E-state index contributed by atoms with van der Waals surface area (Å²) in [6.07, 6.45) is 1.53. The van der Waals surface area contributed by atoms with Gasteiger partial charge in [0.15, 0.2) is 0 Å². The molecule has 0 aliphatic heterocycles. The quantitative estimate of drug-likeness (QED) is 0.314. The smallest absolute Gasteiger partial charge is 0.343 e. The SMILES string of the molecule is Cc1ccc(C(=O)N/N=C/c2ccc(OC(=O)c3ccc(C)cc3)cc2)cc1. The topological polar surface area (TPSA) is 67.8 Å². The average Bonchev–Trinajstić information content (AvgIpc) is 2.70. The lowest BCUT2D eigenvalue weighted by Crippen LogP contribution is -2.17. The molecular weight excluding hydrogens is 352 g/mol. The molecule has 0 saturated heterocycles. The first kappa shape index (κ1) is 19.0. The van der Waals surface area contributed by atoms with Crippen molar-refractivity contribution in [1.29, 1.82) is 0 Å². The Hall–Kier alpha value is -3.73. The summed E-state index contributed by atoms with van der Waals surface area (Å²) in [5.41, 5.74) is 6.45. The molecule has 0 saturated carbocycles. The van der Waals surface area contributed by atoms with Crippen LogP contribution in [0.4, 0.5) is 0 Å². The number of hydrogen-bond donors (Lipinski definition) is 1. The second-order valence-electron chi connectivity index (χ2n) is 6.39. The van der Waals surface area contributed by atoms with Gasteiger partial charge in [0.1, 0.15) is 5.75 Å². The second-order valence-corrected chi connectivity index (χ2v) is 6.39. The van der Waals surface area contributed by atoms with E-state index in [-0.39, 0.29) is 5.91 Å². The van der Waals surface area contributed by atoms with E-state index in [1.807, 2.05) is 38.1 Å². The fourth-order valence-corrected chi connectivity index (χ4v) is 2.41. The van der Waals surface area contributed by atoms with Crippen LogP contribution in [-0.2, 0) is 0 Å². The molecule has 3 rings (SSSR count). The molecule has 140 valence electrons. The minimum absolute atomic E-state index is 0.278. The maximum Gasteiger partial charge on any atom is 0.343 e. The van der Waals surface area contributed by atoms with E-state index in [0.29, 0.717) is 16.9 Å². The van der Waals surface area contributed by atoms with Gasteiger partial charge in [-0.05, 0) is 67.9 Å². The van der Waals surface area contributed by atoms with Crippen LogP contribution in [0, 0.1) is 13.8 Å². The maximum absolute atomic E-state index is 12.1. The molecule has 0 aliphatic rings. The fourth-order valence-electron chi connectivity index (χ4n) is 2.41. The number of nitrogens with one attached hydrogen (secondary N) is 1. The number of hydrogen-bond acceptors (Lipinski definition) is 4. The molecule has 0 fully saturated rings. The summed E-state index contributed by atoms with van der Waals surface area (Å²) in [7, 11) is 0. The summed E-state index contributed by atoms with van der Waals surface area (Å²) in [5.74, 6) is -0.252. The molecule has 0 spiro atoms. The molecular formula is C23H20N2O3. The lowest BCUT2D eigenvalue weighted by Gasteiger charge is -2.05.